The number of benzene rings is 1. The lowest BCUT2D eigenvalue weighted by molar-refractivity contribution is -0.130. The fraction of sp³-hybridized carbons (Fsp3) is 0.455. The van der Waals surface area contributed by atoms with Gasteiger partial charge in [-0.3, -0.25) is 14.4 Å². The van der Waals surface area contributed by atoms with Gasteiger partial charge in [-0.15, -0.1) is 23.2 Å². The Morgan fingerprint density at radius 3 is 2.44 bits per heavy atom. The number of carbonyl (C=O) groups is 3. The van der Waals surface area contributed by atoms with Crippen molar-refractivity contribution < 1.29 is 19.1 Å². The molecule has 34 heavy (non-hydrogen) atoms. The quantitative estimate of drug-likeness (QED) is 0.553. The zero-order valence-electron chi connectivity index (χ0n) is 18.9. The van der Waals surface area contributed by atoms with Gasteiger partial charge in [0.15, 0.2) is 5.13 Å². The molecule has 1 aliphatic carbocycles. The van der Waals surface area contributed by atoms with Gasteiger partial charge in [0, 0.05) is 38.0 Å². The van der Waals surface area contributed by atoms with E-state index in [9.17, 15) is 14.4 Å². The van der Waals surface area contributed by atoms with Gasteiger partial charge in [0.2, 0.25) is 11.8 Å². The number of aromatic nitrogens is 1. The van der Waals surface area contributed by atoms with E-state index in [2.05, 4.69) is 10.3 Å². The second-order valence-corrected chi connectivity index (χ2v) is 12.1. The third kappa shape index (κ3) is 5.45. The summed E-state index contributed by atoms with van der Waals surface area (Å²) in [5.74, 6) is -0.275. The molecule has 1 aliphatic heterocycles. The van der Waals surface area contributed by atoms with Crippen LogP contribution in [0.5, 0.6) is 5.75 Å². The minimum absolute atomic E-state index is 0.0144. The summed E-state index contributed by atoms with van der Waals surface area (Å²) in [6.07, 6.45) is 2.11. The van der Waals surface area contributed by atoms with Gasteiger partial charge < -0.3 is 19.9 Å². The Labute approximate surface area is 215 Å². The van der Waals surface area contributed by atoms with E-state index in [1.165, 1.54) is 30.0 Å². The molecule has 1 saturated carbocycles. The Bertz CT molecular complexity index is 1130. The predicted octanol–water partition coefficient (Wildman–Crippen LogP) is 4.05. The molecule has 3 amide bonds. The molecular weight excluding hydrogens is 519 g/mol. The molecule has 2 fully saturated rings. The first kappa shape index (κ1) is 25.1. The van der Waals surface area contributed by atoms with Crippen LogP contribution < -0.4 is 10.1 Å². The van der Waals surface area contributed by atoms with Crippen molar-refractivity contribution in [2.45, 2.75) is 33.7 Å². The standard InChI is InChI=1S/C22H24Cl2N4O4S2/c1-12-8-16(32-3)14(20(31)28-6-4-27(5-7-28)13(2)29)9-17(12)33-18-11-25-21(34-18)26-19(30)15-10-22(15,23)24/h8-9,11,15H,4-7,10H2,1-3H3,(H,25,26,30). The number of alkyl halides is 2. The number of hydrogen-bond donors (Lipinski definition) is 1. The topological polar surface area (TPSA) is 91.8 Å². The summed E-state index contributed by atoms with van der Waals surface area (Å²) in [6, 6.07) is 3.68. The molecule has 2 aliphatic rings. The molecule has 0 spiro atoms. The molecule has 2 heterocycles. The van der Waals surface area contributed by atoms with Gasteiger partial charge in [0.1, 0.15) is 10.1 Å². The normalized spacial score (nSPS) is 19.0. The van der Waals surface area contributed by atoms with E-state index < -0.39 is 10.3 Å². The van der Waals surface area contributed by atoms with Crippen molar-refractivity contribution in [3.8, 4) is 5.75 Å². The highest BCUT2D eigenvalue weighted by Gasteiger charge is 2.56. The molecule has 1 unspecified atom stereocenters. The number of amides is 3. The van der Waals surface area contributed by atoms with Crippen molar-refractivity contribution in [2.75, 3.05) is 38.6 Å². The number of ether oxygens (including phenoxy) is 1. The maximum absolute atomic E-state index is 13.3. The number of nitrogens with one attached hydrogen (secondary N) is 1. The van der Waals surface area contributed by atoms with E-state index in [0.717, 1.165) is 14.7 Å². The monoisotopic (exact) mass is 542 g/mol. The molecule has 8 nitrogen and oxygen atoms in total. The van der Waals surface area contributed by atoms with Gasteiger partial charge in [-0.25, -0.2) is 4.98 Å². The average molecular weight is 543 g/mol. The molecule has 1 saturated heterocycles. The maximum Gasteiger partial charge on any atom is 0.257 e. The number of piperazine rings is 1. The Morgan fingerprint density at radius 2 is 1.85 bits per heavy atom. The zero-order chi connectivity index (χ0) is 24.6. The molecule has 0 radical (unpaired) electrons. The third-order valence-corrected chi connectivity index (χ3v) is 8.82. The number of methoxy groups -OCH3 is 1. The molecule has 4 rings (SSSR count). The lowest BCUT2D eigenvalue weighted by Crippen LogP contribution is -2.50. The molecule has 1 aromatic carbocycles. The van der Waals surface area contributed by atoms with E-state index in [1.54, 1.807) is 23.1 Å². The molecule has 1 atom stereocenters. The average Bonchev–Trinajstić information content (AvgIpc) is 3.23. The summed E-state index contributed by atoms with van der Waals surface area (Å²) >= 11 is 14.7. The minimum Gasteiger partial charge on any atom is -0.496 e. The molecule has 1 N–H and O–H groups in total. The maximum atomic E-state index is 13.3. The van der Waals surface area contributed by atoms with Crippen LogP contribution >= 0.6 is 46.3 Å². The van der Waals surface area contributed by atoms with Gasteiger partial charge in [-0.05, 0) is 31.0 Å². The van der Waals surface area contributed by atoms with Crippen LogP contribution in [-0.2, 0) is 9.59 Å². The summed E-state index contributed by atoms with van der Waals surface area (Å²) in [5, 5.41) is 3.23. The number of rotatable bonds is 6. The number of carbonyl (C=O) groups excluding carboxylic acids is 3. The second kappa shape index (κ2) is 9.93. The molecule has 12 heteroatoms. The first-order valence-corrected chi connectivity index (χ1v) is 13.0. The highest BCUT2D eigenvalue weighted by atomic mass is 35.5. The van der Waals surface area contributed by atoms with E-state index in [4.69, 9.17) is 27.9 Å². The minimum atomic E-state index is -0.985. The number of aryl methyl sites for hydroxylation is 1. The van der Waals surface area contributed by atoms with Gasteiger partial charge in [0.05, 0.1) is 29.0 Å². The Kier molecular flexibility index (Phi) is 7.33. The first-order chi connectivity index (χ1) is 16.1. The van der Waals surface area contributed by atoms with Gasteiger partial charge in [-0.1, -0.05) is 23.1 Å². The Balaban J connectivity index is 1.47. The van der Waals surface area contributed by atoms with Crippen molar-refractivity contribution in [1.29, 1.82) is 0 Å². The van der Waals surface area contributed by atoms with Crippen LogP contribution in [0.15, 0.2) is 27.4 Å². The lowest BCUT2D eigenvalue weighted by Gasteiger charge is -2.34. The van der Waals surface area contributed by atoms with Crippen LogP contribution in [0.4, 0.5) is 5.13 Å². The summed E-state index contributed by atoms with van der Waals surface area (Å²) < 4.78 is 5.37. The fourth-order valence-corrected chi connectivity index (χ4v) is 6.12. The van der Waals surface area contributed by atoms with Gasteiger partial charge >= 0.3 is 0 Å². The van der Waals surface area contributed by atoms with E-state index in [1.807, 2.05) is 19.1 Å². The summed E-state index contributed by atoms with van der Waals surface area (Å²) in [5.41, 5.74) is 1.42. The summed E-state index contributed by atoms with van der Waals surface area (Å²) in [4.78, 5) is 45.7. The third-order valence-electron chi connectivity index (χ3n) is 5.81. The van der Waals surface area contributed by atoms with Crippen molar-refractivity contribution in [2.24, 2.45) is 5.92 Å². The van der Waals surface area contributed by atoms with Crippen molar-refractivity contribution in [3.63, 3.8) is 0 Å². The van der Waals surface area contributed by atoms with E-state index >= 15 is 0 Å². The van der Waals surface area contributed by atoms with Crippen LogP contribution in [0.3, 0.4) is 0 Å². The molecule has 0 bridgehead atoms. The molecule has 2 aromatic rings. The Hall–Kier alpha value is -2.01. The van der Waals surface area contributed by atoms with Crippen LogP contribution in [0, 0.1) is 12.8 Å². The molecular formula is C22H24Cl2N4O4S2. The predicted molar refractivity (Wildman–Crippen MR) is 133 cm³/mol. The Morgan fingerprint density at radius 1 is 1.21 bits per heavy atom. The summed E-state index contributed by atoms with van der Waals surface area (Å²) in [6.45, 7) is 5.46. The highest BCUT2D eigenvalue weighted by molar-refractivity contribution is 8.01. The summed E-state index contributed by atoms with van der Waals surface area (Å²) in [7, 11) is 1.54. The molecule has 182 valence electrons. The molecule has 1 aromatic heterocycles. The van der Waals surface area contributed by atoms with Crippen molar-refractivity contribution in [1.82, 2.24) is 14.8 Å². The van der Waals surface area contributed by atoms with E-state index in [-0.39, 0.29) is 17.7 Å². The van der Waals surface area contributed by atoms with E-state index in [0.29, 0.717) is 49.0 Å². The second-order valence-electron chi connectivity index (χ2n) is 8.21. The smallest absolute Gasteiger partial charge is 0.257 e. The van der Waals surface area contributed by atoms with Crippen LogP contribution in [0.1, 0.15) is 29.3 Å². The van der Waals surface area contributed by atoms with Gasteiger partial charge in [-0.2, -0.15) is 0 Å². The highest BCUT2D eigenvalue weighted by Crippen LogP contribution is 2.53. The van der Waals surface area contributed by atoms with Gasteiger partial charge in [0.25, 0.3) is 5.91 Å². The van der Waals surface area contributed by atoms with Crippen molar-refractivity contribution >= 4 is 69.2 Å². The number of halogens is 2. The number of hydrogen-bond acceptors (Lipinski definition) is 7. The first-order valence-electron chi connectivity index (χ1n) is 10.6. The lowest BCUT2D eigenvalue weighted by atomic mass is 10.1. The van der Waals surface area contributed by atoms with Crippen LogP contribution in [0.2, 0.25) is 0 Å². The van der Waals surface area contributed by atoms with Crippen molar-refractivity contribution in [3.05, 3.63) is 29.5 Å². The van der Waals surface area contributed by atoms with Crippen LogP contribution in [0.25, 0.3) is 0 Å². The SMILES string of the molecule is COc1cc(C)c(Sc2cnc(NC(=O)C3CC3(Cl)Cl)s2)cc1C(=O)N1CCN(C(C)=O)CC1. The largest absolute Gasteiger partial charge is 0.496 e. The zero-order valence-corrected chi connectivity index (χ0v) is 22.0. The fourth-order valence-electron chi connectivity index (χ4n) is 3.67. The number of thiazole rings is 1. The number of nitrogens with zero attached hydrogens (tertiary/aromatic N) is 3. The number of anilines is 1. The van der Waals surface area contributed by atoms with Crippen LogP contribution in [-0.4, -0.2) is 70.1 Å².